The van der Waals surface area contributed by atoms with Crippen LogP contribution in [0.15, 0.2) is 59.8 Å². The number of H-pyrrole nitrogens is 1. The first-order valence-corrected chi connectivity index (χ1v) is 8.22. The second-order valence-electron chi connectivity index (χ2n) is 5.73. The van der Waals surface area contributed by atoms with Crippen molar-refractivity contribution < 1.29 is 14.3 Å². The molecule has 0 radical (unpaired) electrons. The number of ether oxygens (including phenoxy) is 1. The van der Waals surface area contributed by atoms with Gasteiger partial charge in [-0.15, -0.1) is 0 Å². The van der Waals surface area contributed by atoms with Crippen molar-refractivity contribution in [2.75, 3.05) is 7.11 Å². The predicted molar refractivity (Wildman–Crippen MR) is 101 cm³/mol. The lowest BCUT2D eigenvalue weighted by Gasteiger charge is -2.03. The number of hydrazone groups is 1. The molecule has 0 fully saturated rings. The van der Waals surface area contributed by atoms with E-state index >= 15 is 0 Å². The van der Waals surface area contributed by atoms with E-state index in [2.05, 4.69) is 15.5 Å². The minimum atomic E-state index is -0.303. The Morgan fingerprint density at radius 2 is 1.88 bits per heavy atom. The second-order valence-corrected chi connectivity index (χ2v) is 5.73. The Morgan fingerprint density at radius 1 is 1.12 bits per heavy atom. The lowest BCUT2D eigenvalue weighted by molar-refractivity contribution is -0.121. The van der Waals surface area contributed by atoms with Gasteiger partial charge in [0.05, 0.1) is 13.3 Å². The lowest BCUT2D eigenvalue weighted by atomic mass is 10.1. The molecule has 2 aromatic carbocycles. The SMILES string of the molecule is COc1ccc(C(=O)CCC(=O)N/N=C/c2c[nH]c3ccccc23)cc1. The average Bonchev–Trinajstić information content (AvgIpc) is 3.09. The average molecular weight is 349 g/mol. The summed E-state index contributed by atoms with van der Waals surface area (Å²) >= 11 is 0. The predicted octanol–water partition coefficient (Wildman–Crippen LogP) is 3.29. The number of aromatic nitrogens is 1. The summed E-state index contributed by atoms with van der Waals surface area (Å²) in [6.07, 6.45) is 3.62. The molecular formula is C20H19N3O3. The molecule has 0 unspecified atom stereocenters. The third kappa shape index (κ3) is 4.16. The second kappa shape index (κ2) is 8.11. The number of ketones is 1. The smallest absolute Gasteiger partial charge is 0.240 e. The van der Waals surface area contributed by atoms with E-state index in [4.69, 9.17) is 4.74 Å². The summed E-state index contributed by atoms with van der Waals surface area (Å²) in [6, 6.07) is 14.6. The van der Waals surface area contributed by atoms with Crippen molar-refractivity contribution in [1.29, 1.82) is 0 Å². The molecule has 0 spiro atoms. The summed E-state index contributed by atoms with van der Waals surface area (Å²) in [5.41, 5.74) is 4.90. The van der Waals surface area contributed by atoms with Crippen LogP contribution in [0.25, 0.3) is 10.9 Å². The van der Waals surface area contributed by atoms with E-state index in [1.54, 1.807) is 37.6 Å². The van der Waals surface area contributed by atoms with Crippen molar-refractivity contribution >= 4 is 28.8 Å². The summed E-state index contributed by atoms with van der Waals surface area (Å²) in [5.74, 6) is 0.289. The number of carbonyl (C=O) groups is 2. The summed E-state index contributed by atoms with van der Waals surface area (Å²) in [6.45, 7) is 0. The monoisotopic (exact) mass is 349 g/mol. The highest BCUT2D eigenvalue weighted by atomic mass is 16.5. The molecule has 0 saturated carbocycles. The van der Waals surface area contributed by atoms with Crippen LogP contribution in [0.4, 0.5) is 0 Å². The van der Waals surface area contributed by atoms with Gasteiger partial charge >= 0.3 is 0 Å². The molecule has 3 aromatic rings. The van der Waals surface area contributed by atoms with Crippen LogP contribution in [0, 0.1) is 0 Å². The number of hydrogen-bond acceptors (Lipinski definition) is 4. The van der Waals surface area contributed by atoms with Crippen LogP contribution < -0.4 is 10.2 Å². The Bertz CT molecular complexity index is 942. The number of methoxy groups -OCH3 is 1. The number of hydrogen-bond donors (Lipinski definition) is 2. The molecule has 1 aromatic heterocycles. The normalized spacial score (nSPS) is 11.0. The first kappa shape index (κ1) is 17.4. The van der Waals surface area contributed by atoms with Crippen LogP contribution in [0.3, 0.4) is 0 Å². The fraction of sp³-hybridized carbons (Fsp3) is 0.150. The van der Waals surface area contributed by atoms with E-state index in [1.807, 2.05) is 30.5 Å². The molecule has 2 N–H and O–H groups in total. The molecule has 26 heavy (non-hydrogen) atoms. The topological polar surface area (TPSA) is 83.6 Å². The number of aromatic amines is 1. The van der Waals surface area contributed by atoms with Gasteiger partial charge in [-0.25, -0.2) is 5.43 Å². The van der Waals surface area contributed by atoms with Gasteiger partial charge in [-0.05, 0) is 30.3 Å². The number of para-hydroxylation sites is 1. The van der Waals surface area contributed by atoms with E-state index < -0.39 is 0 Å². The van der Waals surface area contributed by atoms with Gasteiger partial charge in [-0.2, -0.15) is 5.10 Å². The maximum atomic E-state index is 12.1. The molecule has 0 saturated heterocycles. The van der Waals surface area contributed by atoms with Crippen LogP contribution in [0.2, 0.25) is 0 Å². The van der Waals surface area contributed by atoms with E-state index in [9.17, 15) is 9.59 Å². The number of benzene rings is 2. The Labute approximate surface area is 150 Å². The van der Waals surface area contributed by atoms with Gasteiger partial charge in [0.25, 0.3) is 0 Å². The van der Waals surface area contributed by atoms with Crippen LogP contribution in [-0.2, 0) is 4.79 Å². The van der Waals surface area contributed by atoms with E-state index in [-0.39, 0.29) is 24.5 Å². The first-order chi connectivity index (χ1) is 12.7. The highest BCUT2D eigenvalue weighted by molar-refractivity contribution is 6.00. The van der Waals surface area contributed by atoms with E-state index in [0.29, 0.717) is 11.3 Å². The summed E-state index contributed by atoms with van der Waals surface area (Å²) in [4.78, 5) is 27.1. The maximum Gasteiger partial charge on any atom is 0.240 e. The van der Waals surface area contributed by atoms with E-state index in [1.165, 1.54) is 0 Å². The Morgan fingerprint density at radius 3 is 2.65 bits per heavy atom. The van der Waals surface area contributed by atoms with Gasteiger partial charge in [-0.3, -0.25) is 9.59 Å². The molecule has 6 nitrogen and oxygen atoms in total. The molecule has 132 valence electrons. The van der Waals surface area contributed by atoms with Crippen LogP contribution in [0.5, 0.6) is 5.75 Å². The zero-order valence-corrected chi connectivity index (χ0v) is 14.4. The molecule has 0 atom stereocenters. The number of nitrogens with one attached hydrogen (secondary N) is 2. The third-order valence-corrected chi connectivity index (χ3v) is 4.01. The summed E-state index contributed by atoms with van der Waals surface area (Å²) < 4.78 is 5.06. The highest BCUT2D eigenvalue weighted by Crippen LogP contribution is 2.15. The Balaban J connectivity index is 1.50. The van der Waals surface area contributed by atoms with Gasteiger partial charge in [0.15, 0.2) is 5.78 Å². The van der Waals surface area contributed by atoms with Crippen molar-refractivity contribution in [3.05, 3.63) is 65.9 Å². The number of Topliss-reactive ketones (excluding diaryl/α,β-unsaturated/α-hetero) is 1. The Kier molecular flexibility index (Phi) is 5.43. The third-order valence-electron chi connectivity index (χ3n) is 4.01. The van der Waals surface area contributed by atoms with Crippen molar-refractivity contribution in [3.8, 4) is 5.75 Å². The molecule has 0 aliphatic heterocycles. The lowest BCUT2D eigenvalue weighted by Crippen LogP contribution is -2.18. The molecule has 0 bridgehead atoms. The number of amides is 1. The molecule has 1 amide bonds. The van der Waals surface area contributed by atoms with Crippen molar-refractivity contribution in [2.45, 2.75) is 12.8 Å². The van der Waals surface area contributed by atoms with Gasteiger partial charge < -0.3 is 9.72 Å². The number of fused-ring (bicyclic) bond motifs is 1. The number of rotatable bonds is 7. The zero-order valence-electron chi connectivity index (χ0n) is 14.4. The summed E-state index contributed by atoms with van der Waals surface area (Å²) in [5, 5.41) is 4.99. The van der Waals surface area contributed by atoms with Gasteiger partial charge in [0, 0.05) is 41.1 Å². The van der Waals surface area contributed by atoms with Crippen LogP contribution in [-0.4, -0.2) is 30.0 Å². The standard InChI is InChI=1S/C20H19N3O3/c1-26-16-8-6-14(7-9-16)19(24)10-11-20(25)23-22-13-15-12-21-18-5-3-2-4-17(15)18/h2-9,12-13,21H,10-11H2,1H3,(H,23,25)/b22-13+. The molecule has 0 aliphatic rings. The number of nitrogens with zero attached hydrogens (tertiary/aromatic N) is 1. The fourth-order valence-electron chi connectivity index (χ4n) is 2.58. The zero-order chi connectivity index (χ0) is 18.4. The van der Waals surface area contributed by atoms with Crippen molar-refractivity contribution in [3.63, 3.8) is 0 Å². The van der Waals surface area contributed by atoms with Gasteiger partial charge in [0.1, 0.15) is 5.75 Å². The van der Waals surface area contributed by atoms with Crippen molar-refractivity contribution in [2.24, 2.45) is 5.10 Å². The molecule has 3 rings (SSSR count). The maximum absolute atomic E-state index is 12.1. The van der Waals surface area contributed by atoms with Crippen molar-refractivity contribution in [1.82, 2.24) is 10.4 Å². The molecule has 0 aliphatic carbocycles. The summed E-state index contributed by atoms with van der Waals surface area (Å²) in [7, 11) is 1.57. The largest absolute Gasteiger partial charge is 0.497 e. The number of carbonyl (C=O) groups excluding carboxylic acids is 2. The fourth-order valence-corrected chi connectivity index (χ4v) is 2.58. The molecular weight excluding hydrogens is 330 g/mol. The highest BCUT2D eigenvalue weighted by Gasteiger charge is 2.09. The van der Waals surface area contributed by atoms with Crippen LogP contribution >= 0.6 is 0 Å². The molecule has 1 heterocycles. The Hall–Kier alpha value is -3.41. The minimum Gasteiger partial charge on any atom is -0.497 e. The first-order valence-electron chi connectivity index (χ1n) is 8.22. The van der Waals surface area contributed by atoms with Crippen LogP contribution in [0.1, 0.15) is 28.8 Å². The molecule has 6 heteroatoms. The van der Waals surface area contributed by atoms with Gasteiger partial charge in [0.2, 0.25) is 5.91 Å². The van der Waals surface area contributed by atoms with E-state index in [0.717, 1.165) is 16.5 Å². The quantitative estimate of drug-likeness (QED) is 0.390. The van der Waals surface area contributed by atoms with Gasteiger partial charge in [-0.1, -0.05) is 18.2 Å². The minimum absolute atomic E-state index is 0.0795.